The minimum Gasteiger partial charge on any atom is -0.378 e. The van der Waals surface area contributed by atoms with Gasteiger partial charge in [0, 0.05) is 31.4 Å². The summed E-state index contributed by atoms with van der Waals surface area (Å²) in [5.41, 5.74) is 0.994. The van der Waals surface area contributed by atoms with Crippen molar-refractivity contribution in [2.75, 3.05) is 31.2 Å². The zero-order valence-corrected chi connectivity index (χ0v) is 13.1. The van der Waals surface area contributed by atoms with Crippen LogP contribution in [0.15, 0.2) is 31.0 Å². The zero-order chi connectivity index (χ0) is 16.1. The lowest BCUT2D eigenvalue weighted by Gasteiger charge is -2.29. The molecule has 122 valence electrons. The van der Waals surface area contributed by atoms with Crippen molar-refractivity contribution >= 4 is 11.7 Å². The van der Waals surface area contributed by atoms with Crippen LogP contribution in [-0.4, -0.2) is 52.0 Å². The maximum atomic E-state index is 12.2. The van der Waals surface area contributed by atoms with Gasteiger partial charge in [-0.25, -0.2) is 14.6 Å². The Morgan fingerprint density at radius 3 is 3.00 bits per heavy atom. The van der Waals surface area contributed by atoms with E-state index in [4.69, 9.17) is 4.74 Å². The molecule has 1 aliphatic heterocycles. The third kappa shape index (κ3) is 3.65. The Balaban J connectivity index is 1.65. The van der Waals surface area contributed by atoms with E-state index in [-0.39, 0.29) is 5.91 Å². The molecule has 23 heavy (non-hydrogen) atoms. The van der Waals surface area contributed by atoms with Gasteiger partial charge in [0.05, 0.1) is 13.2 Å². The van der Waals surface area contributed by atoms with Crippen LogP contribution in [0.3, 0.4) is 0 Å². The summed E-state index contributed by atoms with van der Waals surface area (Å²) in [6.07, 6.45) is 4.73. The lowest BCUT2D eigenvalue weighted by molar-refractivity contribution is -0.124. The summed E-state index contributed by atoms with van der Waals surface area (Å²) in [6.45, 7) is 5.24. The van der Waals surface area contributed by atoms with Crippen LogP contribution in [0.2, 0.25) is 0 Å². The maximum absolute atomic E-state index is 12.2. The molecule has 1 atom stereocenters. The van der Waals surface area contributed by atoms with E-state index in [0.717, 1.165) is 24.5 Å². The maximum Gasteiger partial charge on any atom is 0.244 e. The number of carbonyl (C=O) groups excluding carboxylic acids is 1. The summed E-state index contributed by atoms with van der Waals surface area (Å²) in [5.74, 6) is 0.803. The predicted molar refractivity (Wildman–Crippen MR) is 83.8 cm³/mol. The van der Waals surface area contributed by atoms with Crippen molar-refractivity contribution in [1.82, 2.24) is 25.1 Å². The van der Waals surface area contributed by atoms with Gasteiger partial charge in [-0.2, -0.15) is 5.10 Å². The first-order chi connectivity index (χ1) is 11.3. The number of rotatable bonds is 5. The van der Waals surface area contributed by atoms with Crippen LogP contribution in [0, 0.1) is 0 Å². The predicted octanol–water partition coefficient (Wildman–Crippen LogP) is 0.387. The molecule has 1 saturated heterocycles. The van der Waals surface area contributed by atoms with E-state index in [0.29, 0.717) is 19.8 Å². The Kier molecular flexibility index (Phi) is 4.82. The zero-order valence-electron chi connectivity index (χ0n) is 13.1. The minimum absolute atomic E-state index is 0.104. The Morgan fingerprint density at radius 2 is 2.26 bits per heavy atom. The molecule has 0 radical (unpaired) electrons. The Morgan fingerprint density at radius 1 is 1.43 bits per heavy atom. The minimum atomic E-state index is -0.402. The number of carbonyl (C=O) groups is 1. The summed E-state index contributed by atoms with van der Waals surface area (Å²) in [5, 5.41) is 6.93. The van der Waals surface area contributed by atoms with Crippen LogP contribution in [0.1, 0.15) is 18.5 Å². The number of nitrogens with zero attached hydrogens (tertiary/aromatic N) is 5. The van der Waals surface area contributed by atoms with Gasteiger partial charge in [-0.1, -0.05) is 6.07 Å². The number of aromatic nitrogens is 4. The van der Waals surface area contributed by atoms with Gasteiger partial charge in [-0.3, -0.25) is 4.79 Å². The SMILES string of the molecule is CC(C(=O)NCc1cccnc1N1CCOCC1)n1cncn1. The average molecular weight is 316 g/mol. The van der Waals surface area contributed by atoms with Gasteiger partial charge < -0.3 is 15.0 Å². The first-order valence-electron chi connectivity index (χ1n) is 7.64. The van der Waals surface area contributed by atoms with Crippen molar-refractivity contribution in [3.05, 3.63) is 36.5 Å². The highest BCUT2D eigenvalue weighted by Crippen LogP contribution is 2.18. The number of hydrogen-bond acceptors (Lipinski definition) is 6. The first kappa shape index (κ1) is 15.4. The number of anilines is 1. The smallest absolute Gasteiger partial charge is 0.244 e. The number of hydrogen-bond donors (Lipinski definition) is 1. The quantitative estimate of drug-likeness (QED) is 0.859. The van der Waals surface area contributed by atoms with Gasteiger partial charge in [0.15, 0.2) is 0 Å². The van der Waals surface area contributed by atoms with E-state index in [1.807, 2.05) is 12.1 Å². The summed E-state index contributed by atoms with van der Waals surface area (Å²) in [4.78, 5) is 22.8. The van der Waals surface area contributed by atoms with E-state index < -0.39 is 6.04 Å². The topological polar surface area (TPSA) is 85.2 Å². The molecule has 2 aromatic heterocycles. The number of morpholine rings is 1. The molecule has 1 unspecified atom stereocenters. The van der Waals surface area contributed by atoms with Gasteiger partial charge in [-0.05, 0) is 13.0 Å². The average Bonchev–Trinajstić information content (AvgIpc) is 3.14. The van der Waals surface area contributed by atoms with Crippen molar-refractivity contribution in [1.29, 1.82) is 0 Å². The molecule has 0 saturated carbocycles. The van der Waals surface area contributed by atoms with Crippen molar-refractivity contribution in [2.24, 2.45) is 0 Å². The van der Waals surface area contributed by atoms with Crippen LogP contribution >= 0.6 is 0 Å². The second-order valence-electron chi connectivity index (χ2n) is 5.35. The highest BCUT2D eigenvalue weighted by Gasteiger charge is 2.18. The first-order valence-corrected chi connectivity index (χ1v) is 7.64. The van der Waals surface area contributed by atoms with E-state index in [1.165, 1.54) is 17.3 Å². The van der Waals surface area contributed by atoms with Crippen LogP contribution in [-0.2, 0) is 16.1 Å². The van der Waals surface area contributed by atoms with Crippen molar-refractivity contribution in [3.8, 4) is 0 Å². The molecule has 2 aromatic rings. The molecule has 0 bridgehead atoms. The molecule has 8 nitrogen and oxygen atoms in total. The van der Waals surface area contributed by atoms with Crippen molar-refractivity contribution in [3.63, 3.8) is 0 Å². The summed E-state index contributed by atoms with van der Waals surface area (Å²) >= 11 is 0. The lowest BCUT2D eigenvalue weighted by Crippen LogP contribution is -2.38. The molecular weight excluding hydrogens is 296 g/mol. The number of pyridine rings is 1. The van der Waals surface area contributed by atoms with Crippen LogP contribution in [0.5, 0.6) is 0 Å². The largest absolute Gasteiger partial charge is 0.378 e. The number of nitrogens with one attached hydrogen (secondary N) is 1. The molecule has 3 rings (SSSR count). The molecule has 8 heteroatoms. The van der Waals surface area contributed by atoms with E-state index in [9.17, 15) is 4.79 Å². The Labute approximate surface area is 134 Å². The van der Waals surface area contributed by atoms with Crippen LogP contribution < -0.4 is 10.2 Å². The highest BCUT2D eigenvalue weighted by molar-refractivity contribution is 5.79. The van der Waals surface area contributed by atoms with Crippen molar-refractivity contribution < 1.29 is 9.53 Å². The van der Waals surface area contributed by atoms with Crippen LogP contribution in [0.4, 0.5) is 5.82 Å². The highest BCUT2D eigenvalue weighted by atomic mass is 16.5. The van der Waals surface area contributed by atoms with Gasteiger partial charge in [0.1, 0.15) is 24.5 Å². The second kappa shape index (κ2) is 7.19. The lowest BCUT2D eigenvalue weighted by atomic mass is 10.2. The molecule has 1 amide bonds. The monoisotopic (exact) mass is 316 g/mol. The molecule has 1 aliphatic rings. The van der Waals surface area contributed by atoms with E-state index in [1.54, 1.807) is 13.1 Å². The standard InChI is InChI=1S/C15H20N6O2/c1-12(21-11-16-10-19-21)15(22)18-9-13-3-2-4-17-14(13)20-5-7-23-8-6-20/h2-4,10-12H,5-9H2,1H3,(H,18,22). The summed E-state index contributed by atoms with van der Waals surface area (Å²) in [6, 6.07) is 3.46. The van der Waals surface area contributed by atoms with E-state index in [2.05, 4.69) is 25.3 Å². The number of amides is 1. The molecule has 0 aromatic carbocycles. The third-order valence-corrected chi connectivity index (χ3v) is 3.84. The summed E-state index contributed by atoms with van der Waals surface area (Å²) in [7, 11) is 0. The fourth-order valence-corrected chi connectivity index (χ4v) is 2.50. The summed E-state index contributed by atoms with van der Waals surface area (Å²) < 4.78 is 6.91. The molecule has 3 heterocycles. The van der Waals surface area contributed by atoms with Crippen LogP contribution in [0.25, 0.3) is 0 Å². The molecule has 1 fully saturated rings. The fraction of sp³-hybridized carbons (Fsp3) is 0.467. The second-order valence-corrected chi connectivity index (χ2v) is 5.35. The van der Waals surface area contributed by atoms with Crippen molar-refractivity contribution in [2.45, 2.75) is 19.5 Å². The van der Waals surface area contributed by atoms with Gasteiger partial charge in [0.2, 0.25) is 5.91 Å². The fourth-order valence-electron chi connectivity index (χ4n) is 2.50. The van der Waals surface area contributed by atoms with E-state index >= 15 is 0 Å². The normalized spacial score (nSPS) is 16.1. The Bertz CT molecular complexity index is 639. The molecule has 1 N–H and O–H groups in total. The number of ether oxygens (including phenoxy) is 1. The van der Waals surface area contributed by atoms with Gasteiger partial charge in [-0.15, -0.1) is 0 Å². The third-order valence-electron chi connectivity index (χ3n) is 3.84. The van der Waals surface area contributed by atoms with Gasteiger partial charge >= 0.3 is 0 Å². The van der Waals surface area contributed by atoms with Gasteiger partial charge in [0.25, 0.3) is 0 Å². The molecular formula is C15H20N6O2. The Hall–Kier alpha value is -2.48. The molecule has 0 spiro atoms. The molecule has 0 aliphatic carbocycles.